The molecule has 0 fully saturated rings. The molecule has 0 aliphatic carbocycles. The van der Waals surface area contributed by atoms with Crippen molar-refractivity contribution in [3.8, 4) is 11.4 Å². The third kappa shape index (κ3) is 2.91. The smallest absolute Gasteiger partial charge is 0.161 e. The largest absolute Gasteiger partial charge is 0.325 e. The number of rotatable bonds is 3. The molecule has 4 aromatic rings. The van der Waals surface area contributed by atoms with Crippen LogP contribution in [-0.2, 0) is 0 Å². The summed E-state index contributed by atoms with van der Waals surface area (Å²) >= 11 is 0. The monoisotopic (exact) mass is 337 g/mol. The lowest BCUT2D eigenvalue weighted by Crippen LogP contribution is -1.85. The molecule has 4 rings (SSSR count). The molecule has 0 bridgehead atoms. The van der Waals surface area contributed by atoms with Gasteiger partial charge in [-0.1, -0.05) is 18.2 Å². The number of H-pyrrole nitrogens is 2. The Bertz CT molecular complexity index is 1090. The van der Waals surface area contributed by atoms with E-state index in [0.717, 1.165) is 0 Å². The second-order valence-electron chi connectivity index (χ2n) is 5.64. The molecule has 2 heterocycles. The zero-order chi connectivity index (χ0) is 17.4. The average Bonchev–Trinajstić information content (AvgIpc) is 3.19. The van der Waals surface area contributed by atoms with Gasteiger partial charge in [0.25, 0.3) is 0 Å². The maximum atomic E-state index is 14.4. The van der Waals surface area contributed by atoms with E-state index in [1.165, 1.54) is 18.2 Å². The minimum Gasteiger partial charge on any atom is -0.325 e. The van der Waals surface area contributed by atoms with Gasteiger partial charge in [0.2, 0.25) is 0 Å². The lowest BCUT2D eigenvalue weighted by atomic mass is 10.1. The molecular formula is C18H13F2N5. The van der Waals surface area contributed by atoms with Crippen molar-refractivity contribution in [2.75, 3.05) is 0 Å². The van der Waals surface area contributed by atoms with Crippen LogP contribution in [0.5, 0.6) is 0 Å². The Labute approximate surface area is 141 Å². The van der Waals surface area contributed by atoms with Gasteiger partial charge in [-0.05, 0) is 42.8 Å². The van der Waals surface area contributed by atoms with Gasteiger partial charge in [0.1, 0.15) is 23.0 Å². The van der Waals surface area contributed by atoms with Gasteiger partial charge in [-0.25, -0.2) is 8.78 Å². The average molecular weight is 337 g/mol. The van der Waals surface area contributed by atoms with Gasteiger partial charge >= 0.3 is 0 Å². The summed E-state index contributed by atoms with van der Waals surface area (Å²) in [6.45, 7) is 1.77. The standard InChI is InChI=1S/C18H13F2N5/c1-10-21-18(25-22-10)12-8-14-16(23-24-17(14)15(20)9-12)6-5-11-3-2-4-13(19)7-11/h2-9H,1H3,(H,23,24)(H,21,22,25). The van der Waals surface area contributed by atoms with Crippen LogP contribution in [0.4, 0.5) is 8.78 Å². The number of aromatic amines is 2. The molecule has 0 saturated carbocycles. The molecule has 124 valence electrons. The Morgan fingerprint density at radius 2 is 1.92 bits per heavy atom. The van der Waals surface area contributed by atoms with Crippen LogP contribution >= 0.6 is 0 Å². The van der Waals surface area contributed by atoms with Crippen LogP contribution in [-0.4, -0.2) is 25.4 Å². The first-order valence-electron chi connectivity index (χ1n) is 7.61. The highest BCUT2D eigenvalue weighted by atomic mass is 19.1. The fourth-order valence-electron chi connectivity index (χ4n) is 2.62. The van der Waals surface area contributed by atoms with Crippen molar-refractivity contribution in [3.63, 3.8) is 0 Å². The molecule has 25 heavy (non-hydrogen) atoms. The molecule has 5 nitrogen and oxygen atoms in total. The summed E-state index contributed by atoms with van der Waals surface area (Å²) in [4.78, 5) is 2.98. The fourth-order valence-corrected chi connectivity index (χ4v) is 2.62. The molecule has 0 saturated heterocycles. The van der Waals surface area contributed by atoms with Gasteiger partial charge in [0.05, 0.1) is 5.69 Å². The van der Waals surface area contributed by atoms with Crippen molar-refractivity contribution in [1.82, 2.24) is 25.4 Å². The topological polar surface area (TPSA) is 70.2 Å². The highest BCUT2D eigenvalue weighted by Gasteiger charge is 2.13. The number of benzene rings is 2. The van der Waals surface area contributed by atoms with E-state index in [9.17, 15) is 8.78 Å². The van der Waals surface area contributed by atoms with Crippen LogP contribution in [0.2, 0.25) is 0 Å². The van der Waals surface area contributed by atoms with Crippen LogP contribution in [0, 0.1) is 18.6 Å². The van der Waals surface area contributed by atoms with E-state index < -0.39 is 5.82 Å². The van der Waals surface area contributed by atoms with Crippen LogP contribution in [0.3, 0.4) is 0 Å². The number of aryl methyl sites for hydroxylation is 1. The number of halogens is 2. The summed E-state index contributed by atoms with van der Waals surface area (Å²) in [5.74, 6) is 0.385. The predicted octanol–water partition coefficient (Wildman–Crippen LogP) is 4.11. The first kappa shape index (κ1) is 15.2. The van der Waals surface area contributed by atoms with Crippen molar-refractivity contribution in [3.05, 3.63) is 65.1 Å². The highest BCUT2D eigenvalue weighted by Crippen LogP contribution is 2.27. The maximum Gasteiger partial charge on any atom is 0.161 e. The minimum atomic E-state index is -0.431. The lowest BCUT2D eigenvalue weighted by molar-refractivity contribution is 0.627. The summed E-state index contributed by atoms with van der Waals surface area (Å²) in [6, 6.07) is 9.35. The van der Waals surface area contributed by atoms with Crippen molar-refractivity contribution in [1.29, 1.82) is 0 Å². The number of nitrogens with one attached hydrogen (secondary N) is 2. The summed E-state index contributed by atoms with van der Waals surface area (Å²) in [6.07, 6.45) is 3.43. The van der Waals surface area contributed by atoms with Crippen molar-refractivity contribution in [2.45, 2.75) is 6.92 Å². The number of aromatic nitrogens is 5. The molecule has 0 atom stereocenters. The Kier molecular flexibility index (Phi) is 3.61. The lowest BCUT2D eigenvalue weighted by Gasteiger charge is -1.99. The molecule has 0 aliphatic rings. The minimum absolute atomic E-state index is 0.305. The van der Waals surface area contributed by atoms with Crippen molar-refractivity contribution < 1.29 is 8.78 Å². The molecule has 0 amide bonds. The second-order valence-corrected chi connectivity index (χ2v) is 5.64. The first-order chi connectivity index (χ1) is 12.1. The molecule has 0 unspecified atom stereocenters. The SMILES string of the molecule is Cc1nnc(-c2cc(F)c3[nH]nc(C=Cc4cccc(F)c4)c3c2)[nH]1. The number of hydrogen-bond donors (Lipinski definition) is 2. The van der Waals surface area contributed by atoms with Gasteiger partial charge in [0, 0.05) is 10.9 Å². The van der Waals surface area contributed by atoms with Crippen molar-refractivity contribution in [2.24, 2.45) is 0 Å². The Balaban J connectivity index is 1.78. The second kappa shape index (κ2) is 5.94. The van der Waals surface area contributed by atoms with Crippen LogP contribution in [0.15, 0.2) is 36.4 Å². The van der Waals surface area contributed by atoms with E-state index in [0.29, 0.717) is 39.4 Å². The van der Waals surface area contributed by atoms with E-state index >= 15 is 0 Å². The number of fused-ring (bicyclic) bond motifs is 1. The Hall–Kier alpha value is -3.35. The quantitative estimate of drug-likeness (QED) is 0.591. The van der Waals surface area contributed by atoms with Gasteiger partial charge in [-0.2, -0.15) is 5.10 Å². The van der Waals surface area contributed by atoms with Gasteiger partial charge in [-0.15, -0.1) is 10.2 Å². The van der Waals surface area contributed by atoms with Gasteiger partial charge in [0.15, 0.2) is 5.82 Å². The van der Waals surface area contributed by atoms with E-state index in [-0.39, 0.29) is 5.82 Å². The molecule has 2 N–H and O–H groups in total. The molecule has 2 aromatic heterocycles. The van der Waals surface area contributed by atoms with E-state index in [2.05, 4.69) is 25.4 Å². The van der Waals surface area contributed by atoms with E-state index in [1.807, 2.05) is 0 Å². The Morgan fingerprint density at radius 3 is 2.68 bits per heavy atom. The molecule has 7 heteroatoms. The van der Waals surface area contributed by atoms with Crippen LogP contribution in [0.25, 0.3) is 34.4 Å². The Morgan fingerprint density at radius 1 is 1.04 bits per heavy atom. The van der Waals surface area contributed by atoms with Crippen molar-refractivity contribution >= 4 is 23.1 Å². The molecule has 0 spiro atoms. The predicted molar refractivity (Wildman–Crippen MR) is 91.5 cm³/mol. The molecule has 0 aliphatic heterocycles. The zero-order valence-electron chi connectivity index (χ0n) is 13.2. The molecule has 0 radical (unpaired) electrons. The van der Waals surface area contributed by atoms with Crippen LogP contribution in [0.1, 0.15) is 17.1 Å². The first-order valence-corrected chi connectivity index (χ1v) is 7.61. The summed E-state index contributed by atoms with van der Waals surface area (Å²) in [5, 5.41) is 15.3. The summed E-state index contributed by atoms with van der Waals surface area (Å²) < 4.78 is 27.6. The third-order valence-electron chi connectivity index (χ3n) is 3.81. The molecular weight excluding hydrogens is 324 g/mol. The zero-order valence-corrected chi connectivity index (χ0v) is 13.2. The third-order valence-corrected chi connectivity index (χ3v) is 3.81. The van der Waals surface area contributed by atoms with E-state index in [1.54, 1.807) is 37.3 Å². The summed E-state index contributed by atoms with van der Waals surface area (Å²) in [7, 11) is 0. The fraction of sp³-hybridized carbons (Fsp3) is 0.0556. The summed E-state index contributed by atoms with van der Waals surface area (Å²) in [5.41, 5.74) is 2.13. The maximum absolute atomic E-state index is 14.4. The normalized spacial score (nSPS) is 11.6. The van der Waals surface area contributed by atoms with Gasteiger partial charge < -0.3 is 4.98 Å². The highest BCUT2D eigenvalue weighted by molar-refractivity contribution is 5.92. The van der Waals surface area contributed by atoms with Gasteiger partial charge in [-0.3, -0.25) is 5.10 Å². The number of hydrogen-bond acceptors (Lipinski definition) is 3. The van der Waals surface area contributed by atoms with Crippen LogP contribution < -0.4 is 0 Å². The molecule has 2 aromatic carbocycles. The van der Waals surface area contributed by atoms with E-state index in [4.69, 9.17) is 0 Å². The number of nitrogens with zero attached hydrogens (tertiary/aromatic N) is 3.